The van der Waals surface area contributed by atoms with Crippen molar-refractivity contribution in [2.45, 2.75) is 38.5 Å². The third-order valence-electron chi connectivity index (χ3n) is 3.38. The van der Waals surface area contributed by atoms with Crippen molar-refractivity contribution < 1.29 is 9.84 Å². The topological polar surface area (TPSA) is 56.5 Å². The lowest BCUT2D eigenvalue weighted by molar-refractivity contribution is 0.0792. The highest BCUT2D eigenvalue weighted by atomic mass is 16.5. The fourth-order valence-electron chi connectivity index (χ4n) is 2.24. The molecule has 4 nitrogen and oxygen atoms in total. The lowest BCUT2D eigenvalue weighted by atomic mass is 10.1. The third-order valence-corrected chi connectivity index (χ3v) is 3.38. The zero-order valence-corrected chi connectivity index (χ0v) is 11.2. The zero-order chi connectivity index (χ0) is 13.7. The molecule has 0 aliphatic carbocycles. The highest BCUT2D eigenvalue weighted by Gasteiger charge is 2.16. The van der Waals surface area contributed by atoms with Crippen molar-refractivity contribution in [3.63, 3.8) is 0 Å². The third kappa shape index (κ3) is 4.23. The van der Waals surface area contributed by atoms with Gasteiger partial charge in [-0.25, -0.2) is 0 Å². The molecule has 2 rings (SSSR count). The number of aliphatic hydroxyl groups excluding tert-OH is 1. The Bertz CT molecular complexity index is 430. The summed E-state index contributed by atoms with van der Waals surface area (Å²) < 4.78 is 5.41. The Morgan fingerprint density at radius 1 is 1.37 bits per heavy atom. The van der Waals surface area contributed by atoms with Crippen molar-refractivity contribution in [2.75, 3.05) is 13.1 Å². The predicted molar refractivity (Wildman–Crippen MR) is 72.7 cm³/mol. The quantitative estimate of drug-likeness (QED) is 0.898. The van der Waals surface area contributed by atoms with Gasteiger partial charge in [0.25, 0.3) is 0 Å². The Labute approximate surface area is 114 Å². The van der Waals surface area contributed by atoms with Crippen molar-refractivity contribution in [1.82, 2.24) is 4.90 Å². The van der Waals surface area contributed by atoms with Gasteiger partial charge in [-0.05, 0) is 37.5 Å². The molecule has 0 spiro atoms. The second kappa shape index (κ2) is 6.55. The van der Waals surface area contributed by atoms with Crippen LogP contribution in [0, 0.1) is 11.3 Å². The fraction of sp³-hybridized carbons (Fsp3) is 0.533. The molecule has 0 amide bonds. The molecular formula is C15H20N2O2. The van der Waals surface area contributed by atoms with Crippen LogP contribution in [-0.4, -0.2) is 35.3 Å². The van der Waals surface area contributed by atoms with Crippen molar-refractivity contribution in [2.24, 2.45) is 0 Å². The molecule has 0 saturated carbocycles. The first-order chi connectivity index (χ1) is 9.17. The van der Waals surface area contributed by atoms with Crippen LogP contribution in [0.2, 0.25) is 0 Å². The first-order valence-corrected chi connectivity index (χ1v) is 6.73. The minimum absolute atomic E-state index is 0.125. The van der Waals surface area contributed by atoms with Crippen molar-refractivity contribution in [1.29, 1.82) is 5.26 Å². The second-order valence-corrected chi connectivity index (χ2v) is 5.04. The van der Waals surface area contributed by atoms with Gasteiger partial charge in [-0.15, -0.1) is 0 Å². The van der Waals surface area contributed by atoms with Crippen LogP contribution in [0.25, 0.3) is 0 Å². The number of rotatable bonds is 4. The largest absolute Gasteiger partial charge is 0.476 e. The SMILES string of the molecule is CC(C#N)Oc1ccc(CN2CCC(O)CC2)cc1. The van der Waals surface area contributed by atoms with E-state index in [0.717, 1.165) is 38.2 Å². The summed E-state index contributed by atoms with van der Waals surface area (Å²) in [6.45, 7) is 4.53. The van der Waals surface area contributed by atoms with E-state index in [9.17, 15) is 5.11 Å². The van der Waals surface area contributed by atoms with Crippen LogP contribution in [0.3, 0.4) is 0 Å². The highest BCUT2D eigenvalue weighted by Crippen LogP contribution is 2.17. The van der Waals surface area contributed by atoms with Crippen LogP contribution in [0.15, 0.2) is 24.3 Å². The molecule has 102 valence electrons. The maximum absolute atomic E-state index is 9.47. The van der Waals surface area contributed by atoms with Gasteiger partial charge < -0.3 is 9.84 Å². The van der Waals surface area contributed by atoms with E-state index < -0.39 is 6.10 Å². The number of ether oxygens (including phenoxy) is 1. The number of nitrogens with zero attached hydrogens (tertiary/aromatic N) is 2. The molecule has 1 saturated heterocycles. The second-order valence-electron chi connectivity index (χ2n) is 5.04. The van der Waals surface area contributed by atoms with E-state index in [1.807, 2.05) is 30.3 Å². The van der Waals surface area contributed by atoms with Crippen LogP contribution in [0.1, 0.15) is 25.3 Å². The van der Waals surface area contributed by atoms with Crippen LogP contribution in [0.4, 0.5) is 0 Å². The van der Waals surface area contributed by atoms with Crippen molar-refractivity contribution >= 4 is 0 Å². The summed E-state index contributed by atoms with van der Waals surface area (Å²) in [6.07, 6.45) is 1.18. The normalized spacial score (nSPS) is 18.8. The van der Waals surface area contributed by atoms with E-state index in [4.69, 9.17) is 10.00 Å². The van der Waals surface area contributed by atoms with E-state index >= 15 is 0 Å². The van der Waals surface area contributed by atoms with Gasteiger partial charge in [0.05, 0.1) is 6.10 Å². The monoisotopic (exact) mass is 260 g/mol. The van der Waals surface area contributed by atoms with Crippen molar-refractivity contribution in [3.05, 3.63) is 29.8 Å². The molecule has 1 aliphatic rings. The Hall–Kier alpha value is -1.57. The van der Waals surface area contributed by atoms with Crippen molar-refractivity contribution in [3.8, 4) is 11.8 Å². The van der Waals surface area contributed by atoms with E-state index in [2.05, 4.69) is 4.90 Å². The molecule has 19 heavy (non-hydrogen) atoms. The summed E-state index contributed by atoms with van der Waals surface area (Å²) in [5.41, 5.74) is 1.23. The number of hydrogen-bond donors (Lipinski definition) is 1. The minimum Gasteiger partial charge on any atom is -0.476 e. The molecule has 1 heterocycles. The summed E-state index contributed by atoms with van der Waals surface area (Å²) in [5, 5.41) is 18.2. The van der Waals surface area contributed by atoms with Gasteiger partial charge >= 0.3 is 0 Å². The Morgan fingerprint density at radius 2 is 2.00 bits per heavy atom. The minimum atomic E-state index is -0.422. The summed E-state index contributed by atoms with van der Waals surface area (Å²) in [4.78, 5) is 2.35. The Morgan fingerprint density at radius 3 is 2.58 bits per heavy atom. The Kier molecular flexibility index (Phi) is 4.78. The molecule has 0 bridgehead atoms. The van der Waals surface area contributed by atoms with E-state index in [1.165, 1.54) is 5.56 Å². The number of likely N-dealkylation sites (tertiary alicyclic amines) is 1. The molecular weight excluding hydrogens is 240 g/mol. The van der Waals surface area contributed by atoms with Crippen LogP contribution < -0.4 is 4.74 Å². The fourth-order valence-corrected chi connectivity index (χ4v) is 2.24. The van der Waals surface area contributed by atoms with Crippen LogP contribution >= 0.6 is 0 Å². The average molecular weight is 260 g/mol. The first kappa shape index (κ1) is 13.9. The molecule has 0 aromatic heterocycles. The average Bonchev–Trinajstić information content (AvgIpc) is 2.43. The molecule has 1 atom stereocenters. The summed E-state index contributed by atoms with van der Waals surface area (Å²) in [7, 11) is 0. The van der Waals surface area contributed by atoms with Gasteiger partial charge in [-0.2, -0.15) is 5.26 Å². The predicted octanol–water partition coefficient (Wildman–Crippen LogP) is 1.93. The number of benzene rings is 1. The van der Waals surface area contributed by atoms with Crippen LogP contribution in [-0.2, 0) is 6.54 Å². The summed E-state index contributed by atoms with van der Waals surface area (Å²) >= 11 is 0. The lowest BCUT2D eigenvalue weighted by Gasteiger charge is -2.29. The number of hydrogen-bond acceptors (Lipinski definition) is 4. The number of aliphatic hydroxyl groups is 1. The van der Waals surface area contributed by atoms with Gasteiger partial charge in [0.15, 0.2) is 6.10 Å². The van der Waals surface area contributed by atoms with Gasteiger partial charge in [0.2, 0.25) is 0 Å². The molecule has 0 radical (unpaired) electrons. The van der Waals surface area contributed by atoms with Gasteiger partial charge in [-0.1, -0.05) is 12.1 Å². The maximum Gasteiger partial charge on any atom is 0.181 e. The van der Waals surface area contributed by atoms with Crippen LogP contribution in [0.5, 0.6) is 5.75 Å². The highest BCUT2D eigenvalue weighted by molar-refractivity contribution is 5.27. The molecule has 4 heteroatoms. The van der Waals surface area contributed by atoms with E-state index in [1.54, 1.807) is 6.92 Å². The molecule has 1 aromatic carbocycles. The molecule has 1 fully saturated rings. The zero-order valence-electron chi connectivity index (χ0n) is 11.2. The molecule has 1 unspecified atom stereocenters. The summed E-state index contributed by atoms with van der Waals surface area (Å²) in [6, 6.07) is 9.92. The van der Waals surface area contributed by atoms with Gasteiger partial charge in [0.1, 0.15) is 11.8 Å². The number of nitriles is 1. The Balaban J connectivity index is 1.87. The lowest BCUT2D eigenvalue weighted by Crippen LogP contribution is -2.35. The summed E-state index contributed by atoms with van der Waals surface area (Å²) in [5.74, 6) is 0.729. The van der Waals surface area contributed by atoms with E-state index in [0.29, 0.717) is 0 Å². The maximum atomic E-state index is 9.47. The standard InChI is InChI=1S/C15H20N2O2/c1-12(10-16)19-15-4-2-13(3-5-15)11-17-8-6-14(18)7-9-17/h2-5,12,14,18H,6-9,11H2,1H3. The molecule has 1 aliphatic heterocycles. The smallest absolute Gasteiger partial charge is 0.181 e. The number of piperidine rings is 1. The first-order valence-electron chi connectivity index (χ1n) is 6.73. The van der Waals surface area contributed by atoms with Gasteiger partial charge in [0, 0.05) is 19.6 Å². The molecule has 1 N–H and O–H groups in total. The van der Waals surface area contributed by atoms with Gasteiger partial charge in [-0.3, -0.25) is 4.90 Å². The van der Waals surface area contributed by atoms with E-state index in [-0.39, 0.29) is 6.10 Å². The molecule has 1 aromatic rings.